The van der Waals surface area contributed by atoms with E-state index in [4.69, 9.17) is 0 Å². The van der Waals surface area contributed by atoms with Gasteiger partial charge in [0.1, 0.15) is 0 Å². The summed E-state index contributed by atoms with van der Waals surface area (Å²) in [6.07, 6.45) is 0. The molecule has 0 N–H and O–H groups in total. The van der Waals surface area contributed by atoms with E-state index in [1.807, 2.05) is 0 Å². The van der Waals surface area contributed by atoms with Gasteiger partial charge in [-0.15, -0.1) is 0 Å². The van der Waals surface area contributed by atoms with Crippen LogP contribution >= 0.6 is 0 Å². The molecule has 25 heavy (non-hydrogen) atoms. The van der Waals surface area contributed by atoms with E-state index in [0.29, 0.717) is 0 Å². The summed E-state index contributed by atoms with van der Waals surface area (Å²) < 4.78 is 0. The summed E-state index contributed by atoms with van der Waals surface area (Å²) in [5.41, 5.74) is 6.55. The first-order valence-electron chi connectivity index (χ1n) is 8.99. The number of hydrogen-bond donors (Lipinski definition) is 0. The normalized spacial score (nSPS) is 15.2. The molecule has 125 valence electrons. The molecule has 0 bridgehead atoms. The number of benzene rings is 3. The van der Waals surface area contributed by atoms with Gasteiger partial charge < -0.3 is 0 Å². The van der Waals surface area contributed by atoms with Gasteiger partial charge in [-0.2, -0.15) is 0 Å². The lowest BCUT2D eigenvalue weighted by molar-refractivity contribution is 0.231. The third kappa shape index (κ3) is 3.81. The third-order valence-electron chi connectivity index (χ3n) is 4.86. The van der Waals surface area contributed by atoms with Crippen molar-refractivity contribution in [3.8, 4) is 22.3 Å². The molecule has 1 radical (unpaired) electrons. The molecule has 0 aliphatic carbocycles. The minimum absolute atomic E-state index is 0.966. The van der Waals surface area contributed by atoms with Crippen molar-refractivity contribution in [1.29, 1.82) is 0 Å². The Morgan fingerprint density at radius 1 is 0.640 bits per heavy atom. The summed E-state index contributed by atoms with van der Waals surface area (Å²) in [4.78, 5) is 2.50. The molecule has 0 amide bonds. The first-order chi connectivity index (χ1) is 12.4. The molecule has 0 spiro atoms. The van der Waals surface area contributed by atoms with Crippen molar-refractivity contribution < 1.29 is 0 Å². The summed E-state index contributed by atoms with van der Waals surface area (Å²) in [6, 6.07) is 28.2. The quantitative estimate of drug-likeness (QED) is 0.692. The van der Waals surface area contributed by atoms with Crippen molar-refractivity contribution >= 4 is 0 Å². The molecule has 0 atom stereocenters. The van der Waals surface area contributed by atoms with E-state index in [1.165, 1.54) is 27.8 Å². The van der Waals surface area contributed by atoms with E-state index in [-0.39, 0.29) is 0 Å². The zero-order valence-corrected chi connectivity index (χ0v) is 14.4. The fourth-order valence-corrected chi connectivity index (χ4v) is 3.46. The molecule has 1 saturated heterocycles. The van der Waals surface area contributed by atoms with Crippen molar-refractivity contribution in [2.24, 2.45) is 0 Å². The van der Waals surface area contributed by atoms with Gasteiger partial charge in [-0.25, -0.2) is 5.32 Å². The summed E-state index contributed by atoms with van der Waals surface area (Å²) in [6.45, 7) is 5.08. The van der Waals surface area contributed by atoms with E-state index in [1.54, 1.807) is 0 Å². The van der Waals surface area contributed by atoms with Crippen molar-refractivity contribution in [3.05, 3.63) is 84.4 Å². The van der Waals surface area contributed by atoms with Crippen molar-refractivity contribution in [1.82, 2.24) is 10.2 Å². The largest absolute Gasteiger partial charge is 0.296 e. The highest BCUT2D eigenvalue weighted by Gasteiger charge is 2.13. The molecule has 1 aliphatic heterocycles. The van der Waals surface area contributed by atoms with Crippen LogP contribution in [0, 0.1) is 0 Å². The molecular formula is C23H23N2. The molecule has 4 rings (SSSR count). The molecule has 0 unspecified atom stereocenters. The lowest BCUT2D eigenvalue weighted by Gasteiger charge is -2.27. The van der Waals surface area contributed by atoms with Crippen molar-refractivity contribution in [2.45, 2.75) is 6.54 Å². The van der Waals surface area contributed by atoms with Crippen molar-refractivity contribution in [3.63, 3.8) is 0 Å². The van der Waals surface area contributed by atoms with E-state index < -0.39 is 0 Å². The number of piperazine rings is 1. The third-order valence-corrected chi connectivity index (χ3v) is 4.86. The van der Waals surface area contributed by atoms with Crippen LogP contribution in [-0.2, 0) is 6.54 Å². The Balaban J connectivity index is 1.59. The van der Waals surface area contributed by atoms with Gasteiger partial charge in [-0.05, 0) is 27.8 Å². The summed E-state index contributed by atoms with van der Waals surface area (Å²) in [7, 11) is 0. The van der Waals surface area contributed by atoms with Gasteiger partial charge in [0.25, 0.3) is 0 Å². The number of hydrogen-bond acceptors (Lipinski definition) is 1. The second-order valence-corrected chi connectivity index (χ2v) is 6.55. The Labute approximate surface area is 150 Å². The topological polar surface area (TPSA) is 17.3 Å². The highest BCUT2D eigenvalue weighted by Crippen LogP contribution is 2.28. The van der Waals surface area contributed by atoms with E-state index in [2.05, 4.69) is 89.1 Å². The first kappa shape index (κ1) is 16.1. The smallest absolute Gasteiger partial charge is 0.0261 e. The zero-order chi connectivity index (χ0) is 16.9. The van der Waals surface area contributed by atoms with Crippen LogP contribution in [0.1, 0.15) is 5.56 Å². The molecule has 2 heteroatoms. The van der Waals surface area contributed by atoms with Gasteiger partial charge in [-0.3, -0.25) is 4.90 Å². The lowest BCUT2D eigenvalue weighted by atomic mass is 9.96. The maximum atomic E-state index is 4.45. The maximum absolute atomic E-state index is 4.45. The first-order valence-corrected chi connectivity index (χ1v) is 8.99. The molecule has 3 aromatic carbocycles. The Morgan fingerprint density at radius 2 is 1.24 bits per heavy atom. The minimum atomic E-state index is 0.966. The highest BCUT2D eigenvalue weighted by molar-refractivity contribution is 5.72. The predicted octanol–water partition coefficient (Wildman–Crippen LogP) is 4.44. The van der Waals surface area contributed by atoms with Crippen molar-refractivity contribution in [2.75, 3.05) is 26.2 Å². The van der Waals surface area contributed by atoms with Crippen LogP contribution < -0.4 is 5.32 Å². The molecule has 0 aromatic heterocycles. The van der Waals surface area contributed by atoms with Crippen LogP contribution in [0.15, 0.2) is 78.9 Å². The number of nitrogens with zero attached hydrogens (tertiary/aromatic N) is 2. The molecule has 2 nitrogen and oxygen atoms in total. The Kier molecular flexibility index (Phi) is 4.91. The summed E-state index contributed by atoms with van der Waals surface area (Å²) in [5, 5.41) is 4.45. The van der Waals surface area contributed by atoms with Gasteiger partial charge in [-0.1, -0.05) is 78.9 Å². The second kappa shape index (κ2) is 7.64. The molecule has 1 heterocycles. The van der Waals surface area contributed by atoms with Crippen LogP contribution in [0.4, 0.5) is 0 Å². The predicted molar refractivity (Wildman–Crippen MR) is 104 cm³/mol. The van der Waals surface area contributed by atoms with Gasteiger partial charge in [0.2, 0.25) is 0 Å². The standard InChI is InChI=1S/C23H23N2/c1-2-6-19(7-3-1)20-10-12-21(13-11-20)23-9-5-4-8-22(23)18-25-16-14-24-15-17-25/h1-13H,14-18H2. The second-order valence-electron chi connectivity index (χ2n) is 6.55. The van der Waals surface area contributed by atoms with Gasteiger partial charge in [0, 0.05) is 32.7 Å². The maximum Gasteiger partial charge on any atom is 0.0261 e. The zero-order valence-electron chi connectivity index (χ0n) is 14.4. The Morgan fingerprint density at radius 3 is 2.00 bits per heavy atom. The lowest BCUT2D eigenvalue weighted by Crippen LogP contribution is -2.39. The van der Waals surface area contributed by atoms with E-state index >= 15 is 0 Å². The minimum Gasteiger partial charge on any atom is -0.296 e. The van der Waals surface area contributed by atoms with Crippen LogP contribution in [0.5, 0.6) is 0 Å². The Hall–Kier alpha value is -2.42. The fraction of sp³-hybridized carbons (Fsp3) is 0.217. The summed E-state index contributed by atoms with van der Waals surface area (Å²) >= 11 is 0. The average Bonchev–Trinajstić information content (AvgIpc) is 2.70. The average molecular weight is 327 g/mol. The van der Waals surface area contributed by atoms with Crippen LogP contribution in [0.25, 0.3) is 22.3 Å². The monoisotopic (exact) mass is 327 g/mol. The van der Waals surface area contributed by atoms with Crippen LogP contribution in [0.2, 0.25) is 0 Å². The number of rotatable bonds is 4. The van der Waals surface area contributed by atoms with Gasteiger partial charge in [0.15, 0.2) is 0 Å². The van der Waals surface area contributed by atoms with Gasteiger partial charge >= 0.3 is 0 Å². The molecular weight excluding hydrogens is 304 g/mol. The summed E-state index contributed by atoms with van der Waals surface area (Å²) in [5.74, 6) is 0. The highest BCUT2D eigenvalue weighted by atomic mass is 15.2. The van der Waals surface area contributed by atoms with Gasteiger partial charge in [0.05, 0.1) is 0 Å². The SMILES string of the molecule is c1ccc(-c2ccc(-c3ccccc3CN3CC[N]CC3)cc2)cc1. The Bertz CT molecular complexity index is 803. The molecule has 0 saturated carbocycles. The van der Waals surface area contributed by atoms with E-state index in [9.17, 15) is 0 Å². The van der Waals surface area contributed by atoms with Crippen LogP contribution in [-0.4, -0.2) is 31.1 Å². The molecule has 1 fully saturated rings. The molecule has 3 aromatic rings. The fourth-order valence-electron chi connectivity index (χ4n) is 3.46. The van der Waals surface area contributed by atoms with Crippen LogP contribution in [0.3, 0.4) is 0 Å². The molecule has 1 aliphatic rings. The van der Waals surface area contributed by atoms with E-state index in [0.717, 1.165) is 32.7 Å².